The van der Waals surface area contributed by atoms with Gasteiger partial charge in [-0.05, 0) is 38.1 Å². The number of amides is 1. The fourth-order valence-corrected chi connectivity index (χ4v) is 2.20. The molecule has 0 aliphatic rings. The summed E-state index contributed by atoms with van der Waals surface area (Å²) in [7, 11) is 3.17. The number of nitrogens with one attached hydrogen (secondary N) is 1. The van der Waals surface area contributed by atoms with Crippen LogP contribution in [-0.2, 0) is 4.79 Å². The van der Waals surface area contributed by atoms with Crippen molar-refractivity contribution in [3.63, 3.8) is 0 Å². The Bertz CT molecular complexity index is 443. The molecular weight excluding hydrogens is 268 g/mol. The van der Waals surface area contributed by atoms with E-state index in [1.165, 1.54) is 0 Å². The Morgan fingerprint density at radius 3 is 2.33 bits per heavy atom. The molecule has 0 bridgehead atoms. The van der Waals surface area contributed by atoms with E-state index in [0.717, 1.165) is 25.9 Å². The van der Waals surface area contributed by atoms with Gasteiger partial charge in [-0.15, -0.1) is 0 Å². The van der Waals surface area contributed by atoms with Crippen LogP contribution in [0.3, 0.4) is 0 Å². The maximum Gasteiger partial charge on any atom is 0.238 e. The summed E-state index contributed by atoms with van der Waals surface area (Å²) >= 11 is 0. The summed E-state index contributed by atoms with van der Waals surface area (Å²) in [5, 5.41) is 2.90. The van der Waals surface area contributed by atoms with E-state index in [-0.39, 0.29) is 5.91 Å². The van der Waals surface area contributed by atoms with Crippen LogP contribution in [0.2, 0.25) is 0 Å². The third-order valence-electron chi connectivity index (χ3n) is 3.13. The minimum Gasteiger partial charge on any atom is -0.497 e. The molecule has 0 aliphatic heterocycles. The summed E-state index contributed by atoms with van der Waals surface area (Å²) in [6, 6.07) is 5.35. The second kappa shape index (κ2) is 9.23. The predicted octanol–water partition coefficient (Wildman–Crippen LogP) is 2.76. The van der Waals surface area contributed by atoms with Gasteiger partial charge in [-0.3, -0.25) is 9.69 Å². The summed E-state index contributed by atoms with van der Waals surface area (Å²) in [5.41, 5.74) is 0.663. The number of anilines is 1. The lowest BCUT2D eigenvalue weighted by atomic mass is 10.2. The molecule has 0 radical (unpaired) electrons. The first-order valence-electron chi connectivity index (χ1n) is 7.38. The Balaban J connectivity index is 2.69. The first-order valence-corrected chi connectivity index (χ1v) is 7.38. The molecule has 0 saturated heterocycles. The molecule has 1 rings (SSSR count). The number of nitrogens with zero attached hydrogens (tertiary/aromatic N) is 1. The highest BCUT2D eigenvalue weighted by Gasteiger charge is 2.12. The minimum absolute atomic E-state index is 0.0274. The highest BCUT2D eigenvalue weighted by molar-refractivity contribution is 5.93. The van der Waals surface area contributed by atoms with E-state index >= 15 is 0 Å². The van der Waals surface area contributed by atoms with E-state index in [1.807, 2.05) is 0 Å². The van der Waals surface area contributed by atoms with Gasteiger partial charge in [0.25, 0.3) is 0 Å². The quantitative estimate of drug-likeness (QED) is 0.761. The van der Waals surface area contributed by atoms with Gasteiger partial charge in [0.1, 0.15) is 11.5 Å². The molecule has 0 atom stereocenters. The van der Waals surface area contributed by atoms with E-state index in [0.29, 0.717) is 23.7 Å². The van der Waals surface area contributed by atoms with Gasteiger partial charge in [0.15, 0.2) is 0 Å². The van der Waals surface area contributed by atoms with Crippen molar-refractivity contribution in [1.29, 1.82) is 0 Å². The van der Waals surface area contributed by atoms with E-state index in [2.05, 4.69) is 24.1 Å². The van der Waals surface area contributed by atoms with Crippen LogP contribution in [-0.4, -0.2) is 44.7 Å². The first-order chi connectivity index (χ1) is 10.1. The van der Waals surface area contributed by atoms with Crippen LogP contribution in [0.1, 0.15) is 26.7 Å². The molecule has 1 N–H and O–H groups in total. The van der Waals surface area contributed by atoms with Gasteiger partial charge in [-0.2, -0.15) is 0 Å². The maximum absolute atomic E-state index is 12.2. The third kappa shape index (κ3) is 5.63. The molecule has 0 saturated carbocycles. The van der Waals surface area contributed by atoms with Gasteiger partial charge in [-0.25, -0.2) is 0 Å². The summed E-state index contributed by atoms with van der Waals surface area (Å²) in [4.78, 5) is 14.3. The molecule has 5 nitrogen and oxygen atoms in total. The van der Waals surface area contributed by atoms with Gasteiger partial charge in [0, 0.05) is 6.07 Å². The molecule has 1 aromatic carbocycles. The van der Waals surface area contributed by atoms with Crippen molar-refractivity contribution < 1.29 is 14.3 Å². The van der Waals surface area contributed by atoms with Crippen molar-refractivity contribution >= 4 is 11.6 Å². The van der Waals surface area contributed by atoms with Crippen LogP contribution in [0, 0.1) is 0 Å². The van der Waals surface area contributed by atoms with Crippen molar-refractivity contribution in [3.8, 4) is 11.5 Å². The molecule has 0 fully saturated rings. The molecule has 5 heteroatoms. The number of ether oxygens (including phenoxy) is 2. The van der Waals surface area contributed by atoms with Crippen molar-refractivity contribution in [2.75, 3.05) is 39.2 Å². The molecule has 1 aromatic rings. The molecule has 1 amide bonds. The van der Waals surface area contributed by atoms with Gasteiger partial charge < -0.3 is 14.8 Å². The Morgan fingerprint density at radius 1 is 1.14 bits per heavy atom. The average molecular weight is 294 g/mol. The number of carbonyl (C=O) groups excluding carboxylic acids is 1. The molecule has 0 unspecified atom stereocenters. The Kier molecular flexibility index (Phi) is 7.61. The zero-order chi connectivity index (χ0) is 15.7. The maximum atomic E-state index is 12.2. The molecule has 21 heavy (non-hydrogen) atoms. The van der Waals surface area contributed by atoms with Crippen LogP contribution in [0.4, 0.5) is 5.69 Å². The number of carbonyl (C=O) groups is 1. The second-order valence-corrected chi connectivity index (χ2v) is 4.89. The largest absolute Gasteiger partial charge is 0.497 e. The summed E-state index contributed by atoms with van der Waals surface area (Å²) in [5.74, 6) is 1.27. The van der Waals surface area contributed by atoms with Crippen LogP contribution >= 0.6 is 0 Å². The summed E-state index contributed by atoms with van der Waals surface area (Å²) in [6.07, 6.45) is 2.08. The van der Waals surface area contributed by atoms with Crippen LogP contribution in [0.25, 0.3) is 0 Å². The highest BCUT2D eigenvalue weighted by atomic mass is 16.5. The molecule has 0 spiro atoms. The van der Waals surface area contributed by atoms with Gasteiger partial charge in [-0.1, -0.05) is 13.8 Å². The first kappa shape index (κ1) is 17.3. The predicted molar refractivity (Wildman–Crippen MR) is 85.2 cm³/mol. The van der Waals surface area contributed by atoms with Crippen molar-refractivity contribution in [1.82, 2.24) is 4.90 Å². The normalized spacial score (nSPS) is 10.5. The van der Waals surface area contributed by atoms with Crippen LogP contribution in [0.15, 0.2) is 18.2 Å². The van der Waals surface area contributed by atoms with Gasteiger partial charge >= 0.3 is 0 Å². The number of methoxy groups -OCH3 is 2. The zero-order valence-corrected chi connectivity index (χ0v) is 13.4. The van der Waals surface area contributed by atoms with E-state index < -0.39 is 0 Å². The lowest BCUT2D eigenvalue weighted by Gasteiger charge is -2.20. The van der Waals surface area contributed by atoms with E-state index in [1.54, 1.807) is 32.4 Å². The molecule has 0 aliphatic carbocycles. The average Bonchev–Trinajstić information content (AvgIpc) is 2.48. The minimum atomic E-state index is -0.0274. The standard InChI is InChI=1S/C16H26N2O3/c1-5-9-18(10-6-2)12-16(19)17-14-8-7-13(20-3)11-15(14)21-4/h7-8,11H,5-6,9-10,12H2,1-4H3,(H,17,19). The Morgan fingerprint density at radius 2 is 1.81 bits per heavy atom. The van der Waals surface area contributed by atoms with E-state index in [9.17, 15) is 4.79 Å². The molecule has 118 valence electrons. The molecular formula is C16H26N2O3. The number of hydrogen-bond donors (Lipinski definition) is 1. The van der Waals surface area contributed by atoms with Crippen LogP contribution < -0.4 is 14.8 Å². The Hall–Kier alpha value is -1.75. The fraction of sp³-hybridized carbons (Fsp3) is 0.562. The molecule has 0 aromatic heterocycles. The second-order valence-electron chi connectivity index (χ2n) is 4.89. The third-order valence-corrected chi connectivity index (χ3v) is 3.13. The SMILES string of the molecule is CCCN(CCC)CC(=O)Nc1ccc(OC)cc1OC. The summed E-state index contributed by atoms with van der Waals surface area (Å²) in [6.45, 7) is 6.50. The lowest BCUT2D eigenvalue weighted by Crippen LogP contribution is -2.34. The van der Waals surface area contributed by atoms with Crippen molar-refractivity contribution in [2.24, 2.45) is 0 Å². The van der Waals surface area contributed by atoms with Crippen molar-refractivity contribution in [2.45, 2.75) is 26.7 Å². The van der Waals surface area contributed by atoms with Gasteiger partial charge in [0.05, 0.1) is 26.5 Å². The Labute approximate surface area is 127 Å². The number of benzene rings is 1. The zero-order valence-electron chi connectivity index (χ0n) is 13.4. The van der Waals surface area contributed by atoms with E-state index in [4.69, 9.17) is 9.47 Å². The molecule has 0 heterocycles. The van der Waals surface area contributed by atoms with Crippen LogP contribution in [0.5, 0.6) is 11.5 Å². The smallest absolute Gasteiger partial charge is 0.238 e. The number of hydrogen-bond acceptors (Lipinski definition) is 4. The fourth-order valence-electron chi connectivity index (χ4n) is 2.20. The lowest BCUT2D eigenvalue weighted by molar-refractivity contribution is -0.117. The number of rotatable bonds is 9. The topological polar surface area (TPSA) is 50.8 Å². The monoisotopic (exact) mass is 294 g/mol. The van der Waals surface area contributed by atoms with Crippen molar-refractivity contribution in [3.05, 3.63) is 18.2 Å². The van der Waals surface area contributed by atoms with Gasteiger partial charge in [0.2, 0.25) is 5.91 Å². The summed E-state index contributed by atoms with van der Waals surface area (Å²) < 4.78 is 10.4. The highest BCUT2D eigenvalue weighted by Crippen LogP contribution is 2.28.